The Bertz CT molecular complexity index is 1080. The van der Waals surface area contributed by atoms with Crippen molar-refractivity contribution in [1.29, 1.82) is 0 Å². The van der Waals surface area contributed by atoms with Gasteiger partial charge >= 0.3 is 0 Å². The number of nitro groups is 1. The van der Waals surface area contributed by atoms with Gasteiger partial charge in [-0.15, -0.1) is 0 Å². The molecule has 0 saturated heterocycles. The van der Waals surface area contributed by atoms with E-state index in [2.05, 4.69) is 10.6 Å². The highest BCUT2D eigenvalue weighted by Gasteiger charge is 2.16. The van der Waals surface area contributed by atoms with Crippen LogP contribution in [0.3, 0.4) is 0 Å². The normalized spacial score (nSPS) is 10.9. The van der Waals surface area contributed by atoms with Crippen molar-refractivity contribution in [2.75, 3.05) is 0 Å². The van der Waals surface area contributed by atoms with E-state index in [0.717, 1.165) is 27.7 Å². The minimum atomic E-state index is -0.324. The molecular formula is C21H16N2O2. The molecule has 0 N–H and O–H groups in total. The topological polar surface area (TPSA) is 48.1 Å². The van der Waals surface area contributed by atoms with E-state index in [1.807, 2.05) is 67.7 Å². The summed E-state index contributed by atoms with van der Waals surface area (Å²) in [7, 11) is 0. The van der Waals surface area contributed by atoms with E-state index >= 15 is 0 Å². The minimum Gasteiger partial charge on any atom is -0.317 e. The number of para-hydroxylation sites is 1. The van der Waals surface area contributed by atoms with Gasteiger partial charge in [-0.3, -0.25) is 10.1 Å². The second-order valence-corrected chi connectivity index (χ2v) is 6.07. The predicted molar refractivity (Wildman–Crippen MR) is 100 cm³/mol. The maximum atomic E-state index is 11.4. The number of aryl methyl sites for hydroxylation is 1. The summed E-state index contributed by atoms with van der Waals surface area (Å²) in [6.07, 6.45) is 2.02. The van der Waals surface area contributed by atoms with Crippen LogP contribution < -0.4 is 0 Å². The van der Waals surface area contributed by atoms with Gasteiger partial charge in [0.1, 0.15) is 0 Å². The first-order chi connectivity index (χ1) is 12.1. The summed E-state index contributed by atoms with van der Waals surface area (Å²) in [5, 5.41) is 12.5. The zero-order valence-electron chi connectivity index (χ0n) is 13.7. The Morgan fingerprint density at radius 3 is 2.48 bits per heavy atom. The first kappa shape index (κ1) is 15.1. The fourth-order valence-electron chi connectivity index (χ4n) is 3.15. The molecule has 0 spiro atoms. The van der Waals surface area contributed by atoms with Crippen molar-refractivity contribution in [3.63, 3.8) is 0 Å². The molecule has 0 saturated carbocycles. The van der Waals surface area contributed by atoms with Crippen LogP contribution in [0.2, 0.25) is 0 Å². The van der Waals surface area contributed by atoms with Crippen LogP contribution in [0.1, 0.15) is 5.56 Å². The fourth-order valence-corrected chi connectivity index (χ4v) is 3.15. The van der Waals surface area contributed by atoms with E-state index in [1.54, 1.807) is 12.1 Å². The highest BCUT2D eigenvalue weighted by Crippen LogP contribution is 2.33. The molecule has 0 radical (unpaired) electrons. The van der Waals surface area contributed by atoms with E-state index in [9.17, 15) is 10.1 Å². The fraction of sp³-hybridized carbons (Fsp3) is 0.0476. The van der Waals surface area contributed by atoms with Gasteiger partial charge in [-0.2, -0.15) is 0 Å². The van der Waals surface area contributed by atoms with Crippen molar-refractivity contribution in [2.45, 2.75) is 6.92 Å². The summed E-state index contributed by atoms with van der Waals surface area (Å²) < 4.78 is 2.10. The third-order valence-electron chi connectivity index (χ3n) is 4.39. The first-order valence-corrected chi connectivity index (χ1v) is 8.05. The van der Waals surface area contributed by atoms with Gasteiger partial charge in [0.25, 0.3) is 5.69 Å². The molecule has 122 valence electrons. The molecule has 4 rings (SSSR count). The lowest BCUT2D eigenvalue weighted by molar-refractivity contribution is -0.384. The quantitative estimate of drug-likeness (QED) is 0.367. The van der Waals surface area contributed by atoms with E-state index in [0.29, 0.717) is 5.56 Å². The lowest BCUT2D eigenvalue weighted by Gasteiger charge is -2.08. The molecule has 1 aromatic heterocycles. The lowest BCUT2D eigenvalue weighted by Crippen LogP contribution is -1.94. The van der Waals surface area contributed by atoms with E-state index in [-0.39, 0.29) is 10.6 Å². The number of nitrogens with zero attached hydrogens (tertiary/aromatic N) is 2. The minimum absolute atomic E-state index is 0.128. The second kappa shape index (κ2) is 5.91. The van der Waals surface area contributed by atoms with Crippen LogP contribution in [0.15, 0.2) is 79.0 Å². The molecule has 0 aliphatic heterocycles. The molecule has 0 aliphatic rings. The molecule has 0 atom stereocenters. The molecule has 4 nitrogen and oxygen atoms in total. The number of fused-ring (bicyclic) bond motifs is 1. The summed E-state index contributed by atoms with van der Waals surface area (Å²) in [6.45, 7) is 1.94. The van der Waals surface area contributed by atoms with Gasteiger partial charge in [-0.1, -0.05) is 42.0 Å². The Labute approximate surface area is 145 Å². The maximum Gasteiger partial charge on any atom is 0.277 e. The number of hydrogen-bond acceptors (Lipinski definition) is 2. The van der Waals surface area contributed by atoms with Crippen molar-refractivity contribution in [3.8, 4) is 16.8 Å². The van der Waals surface area contributed by atoms with Crippen molar-refractivity contribution < 1.29 is 4.92 Å². The van der Waals surface area contributed by atoms with E-state index in [4.69, 9.17) is 0 Å². The van der Waals surface area contributed by atoms with Gasteiger partial charge in [0, 0.05) is 18.0 Å². The third-order valence-corrected chi connectivity index (χ3v) is 4.39. The standard InChI is InChI=1S/C21H16N2O2/c1-15-7-10-20(23(24)25)19(13-15)17-9-8-16-11-12-22(21(16)14-17)18-5-3-2-4-6-18/h2-14H,1H3. The SMILES string of the molecule is Cc1ccc([N+](=O)[O-])c(-c2ccc3ccn(-c4ccccc4)c3c2)c1. The number of nitro benzene ring substituents is 1. The van der Waals surface area contributed by atoms with Crippen LogP contribution in [0.25, 0.3) is 27.7 Å². The van der Waals surface area contributed by atoms with Gasteiger partial charge in [-0.25, -0.2) is 0 Å². The van der Waals surface area contributed by atoms with Crippen LogP contribution in [-0.2, 0) is 0 Å². The molecule has 1 heterocycles. The molecular weight excluding hydrogens is 312 g/mol. The summed E-state index contributed by atoms with van der Waals surface area (Å²) in [6, 6.07) is 23.3. The molecule has 0 unspecified atom stereocenters. The smallest absolute Gasteiger partial charge is 0.277 e. The molecule has 0 bridgehead atoms. The van der Waals surface area contributed by atoms with Crippen molar-refractivity contribution in [1.82, 2.24) is 4.57 Å². The van der Waals surface area contributed by atoms with Gasteiger partial charge in [0.2, 0.25) is 0 Å². The second-order valence-electron chi connectivity index (χ2n) is 6.07. The van der Waals surface area contributed by atoms with Crippen LogP contribution >= 0.6 is 0 Å². The highest BCUT2D eigenvalue weighted by atomic mass is 16.6. The Kier molecular flexibility index (Phi) is 3.58. The largest absolute Gasteiger partial charge is 0.317 e. The third kappa shape index (κ3) is 2.68. The molecule has 3 aromatic carbocycles. The van der Waals surface area contributed by atoms with Crippen molar-refractivity contribution in [2.24, 2.45) is 0 Å². The Morgan fingerprint density at radius 2 is 1.72 bits per heavy atom. The summed E-state index contributed by atoms with van der Waals surface area (Å²) in [5.41, 5.74) is 4.71. The summed E-state index contributed by atoms with van der Waals surface area (Å²) >= 11 is 0. The number of rotatable bonds is 3. The Hall–Kier alpha value is -3.40. The van der Waals surface area contributed by atoms with Crippen molar-refractivity contribution in [3.05, 3.63) is 94.7 Å². The highest BCUT2D eigenvalue weighted by molar-refractivity contribution is 5.88. The first-order valence-electron chi connectivity index (χ1n) is 8.05. The molecule has 4 aromatic rings. The summed E-state index contributed by atoms with van der Waals surface area (Å²) in [5.74, 6) is 0. The van der Waals surface area contributed by atoms with Gasteiger partial charge in [-0.05, 0) is 48.2 Å². The van der Waals surface area contributed by atoms with E-state index < -0.39 is 0 Å². The summed E-state index contributed by atoms with van der Waals surface area (Å²) in [4.78, 5) is 11.1. The van der Waals surface area contributed by atoms with E-state index in [1.165, 1.54) is 0 Å². The van der Waals surface area contributed by atoms with Gasteiger partial charge in [0.15, 0.2) is 0 Å². The van der Waals surface area contributed by atoms with Gasteiger partial charge < -0.3 is 4.57 Å². The number of aromatic nitrogens is 1. The molecule has 0 aliphatic carbocycles. The lowest BCUT2D eigenvalue weighted by atomic mass is 10.0. The maximum absolute atomic E-state index is 11.4. The Morgan fingerprint density at radius 1 is 0.920 bits per heavy atom. The van der Waals surface area contributed by atoms with Crippen LogP contribution in [0, 0.1) is 17.0 Å². The zero-order valence-corrected chi connectivity index (χ0v) is 13.7. The van der Waals surface area contributed by atoms with Crippen LogP contribution in [0.4, 0.5) is 5.69 Å². The van der Waals surface area contributed by atoms with Crippen molar-refractivity contribution >= 4 is 16.6 Å². The Balaban J connectivity index is 1.93. The number of hydrogen-bond donors (Lipinski definition) is 0. The molecule has 0 fully saturated rings. The van der Waals surface area contributed by atoms with Crippen LogP contribution in [-0.4, -0.2) is 9.49 Å². The molecule has 25 heavy (non-hydrogen) atoms. The monoisotopic (exact) mass is 328 g/mol. The zero-order chi connectivity index (χ0) is 17.4. The van der Waals surface area contributed by atoms with Gasteiger partial charge in [0.05, 0.1) is 16.0 Å². The average Bonchev–Trinajstić information content (AvgIpc) is 3.05. The molecule has 4 heteroatoms. The number of benzene rings is 3. The predicted octanol–water partition coefficient (Wildman–Crippen LogP) is 5.51. The average molecular weight is 328 g/mol. The molecule has 0 amide bonds. The van der Waals surface area contributed by atoms with Crippen LogP contribution in [0.5, 0.6) is 0 Å².